The van der Waals surface area contributed by atoms with Crippen LogP contribution in [0.1, 0.15) is 74.1 Å². The van der Waals surface area contributed by atoms with Gasteiger partial charge in [0.2, 0.25) is 11.8 Å². The number of ether oxygens (including phenoxy) is 3. The summed E-state index contributed by atoms with van der Waals surface area (Å²) in [6.45, 7) is 14.6. The van der Waals surface area contributed by atoms with E-state index in [1.807, 2.05) is 84.0 Å². The topological polar surface area (TPSA) is 131 Å². The van der Waals surface area contributed by atoms with Crippen LogP contribution in [-0.4, -0.2) is 67.0 Å². The van der Waals surface area contributed by atoms with Crippen molar-refractivity contribution in [2.45, 2.75) is 98.7 Å². The van der Waals surface area contributed by atoms with E-state index in [1.165, 1.54) is 11.3 Å². The number of carbonyl (C=O) groups excluding carboxylic acids is 2. The Morgan fingerprint density at radius 3 is 2.38 bits per heavy atom. The molecule has 50 heavy (non-hydrogen) atoms. The molecule has 5 unspecified atom stereocenters. The fourth-order valence-electron chi connectivity index (χ4n) is 5.52. The van der Waals surface area contributed by atoms with Crippen LogP contribution in [0.3, 0.4) is 0 Å². The number of thiazole rings is 1. The molecule has 0 bridgehead atoms. The summed E-state index contributed by atoms with van der Waals surface area (Å²) in [4.78, 5) is 32.4. The average molecular weight is 711 g/mol. The van der Waals surface area contributed by atoms with Gasteiger partial charge in [0.05, 0.1) is 37.5 Å². The van der Waals surface area contributed by atoms with Crippen molar-refractivity contribution in [2.75, 3.05) is 26.9 Å². The molecule has 0 radical (unpaired) electrons. The first-order chi connectivity index (χ1) is 24.0. The second-order valence-corrected chi connectivity index (χ2v) is 14.5. The molecule has 276 valence electrons. The third-order valence-corrected chi connectivity index (χ3v) is 9.85. The molecule has 3 aromatic rings. The summed E-state index contributed by atoms with van der Waals surface area (Å²) in [7, 11) is 1.68. The predicted octanol–water partition coefficient (Wildman–Crippen LogP) is 5.72. The molecule has 0 aliphatic heterocycles. The SMILES string of the molecule is CCC(C)C(NC(=O)C(CC(O)C(COCc1ccc(C)c(OCCCOC)c1)NCc1cncs1)C(C)C)C(=O)NCc1ccc(C)cc1. The zero-order valence-corrected chi connectivity index (χ0v) is 31.7. The van der Waals surface area contributed by atoms with Crippen molar-refractivity contribution < 1.29 is 28.9 Å². The van der Waals surface area contributed by atoms with Crippen molar-refractivity contribution in [3.63, 3.8) is 0 Å². The summed E-state index contributed by atoms with van der Waals surface area (Å²) < 4.78 is 17.2. The third kappa shape index (κ3) is 13.8. The second kappa shape index (κ2) is 21.8. The normalized spacial score (nSPS) is 14.5. The number of aryl methyl sites for hydroxylation is 2. The number of hydrogen-bond donors (Lipinski definition) is 4. The largest absolute Gasteiger partial charge is 0.493 e. The number of carbonyl (C=O) groups is 2. The van der Waals surface area contributed by atoms with E-state index in [-0.39, 0.29) is 36.7 Å². The van der Waals surface area contributed by atoms with Gasteiger partial charge >= 0.3 is 0 Å². The molecule has 5 atom stereocenters. The summed E-state index contributed by atoms with van der Waals surface area (Å²) in [5.41, 5.74) is 5.93. The van der Waals surface area contributed by atoms with Crippen molar-refractivity contribution in [1.82, 2.24) is 20.9 Å². The second-order valence-electron chi connectivity index (χ2n) is 13.5. The van der Waals surface area contributed by atoms with Crippen LogP contribution < -0.4 is 20.7 Å². The zero-order chi connectivity index (χ0) is 36.5. The molecule has 4 N–H and O–H groups in total. The van der Waals surface area contributed by atoms with E-state index in [4.69, 9.17) is 14.2 Å². The van der Waals surface area contributed by atoms with E-state index in [0.717, 1.165) is 45.7 Å². The van der Waals surface area contributed by atoms with Crippen LogP contribution in [0.15, 0.2) is 54.2 Å². The van der Waals surface area contributed by atoms with Crippen molar-refractivity contribution in [2.24, 2.45) is 17.8 Å². The van der Waals surface area contributed by atoms with Gasteiger partial charge in [-0.15, -0.1) is 11.3 Å². The van der Waals surface area contributed by atoms with Crippen LogP contribution in [0.4, 0.5) is 0 Å². The number of aliphatic hydroxyl groups excluding tert-OH is 1. The summed E-state index contributed by atoms with van der Waals surface area (Å²) in [6.07, 6.45) is 2.63. The third-order valence-electron chi connectivity index (χ3n) is 9.07. The first-order valence-electron chi connectivity index (χ1n) is 17.7. The number of hydrogen-bond acceptors (Lipinski definition) is 9. The van der Waals surface area contributed by atoms with Gasteiger partial charge in [0.25, 0.3) is 0 Å². The average Bonchev–Trinajstić information content (AvgIpc) is 3.63. The Morgan fingerprint density at radius 2 is 1.72 bits per heavy atom. The van der Waals surface area contributed by atoms with Gasteiger partial charge in [-0.2, -0.15) is 0 Å². The molecule has 2 aromatic carbocycles. The molecule has 0 spiro atoms. The number of aliphatic hydroxyl groups is 1. The maximum atomic E-state index is 13.8. The minimum Gasteiger partial charge on any atom is -0.493 e. The van der Waals surface area contributed by atoms with Gasteiger partial charge < -0.3 is 35.3 Å². The smallest absolute Gasteiger partial charge is 0.243 e. The number of aromatic nitrogens is 1. The van der Waals surface area contributed by atoms with E-state index < -0.39 is 24.1 Å². The van der Waals surface area contributed by atoms with E-state index in [1.54, 1.807) is 18.8 Å². The van der Waals surface area contributed by atoms with Gasteiger partial charge in [-0.3, -0.25) is 14.6 Å². The Balaban J connectivity index is 1.66. The lowest BCUT2D eigenvalue weighted by atomic mass is 9.86. The van der Waals surface area contributed by atoms with Crippen molar-refractivity contribution in [3.8, 4) is 5.75 Å². The van der Waals surface area contributed by atoms with Crippen molar-refractivity contribution in [1.29, 1.82) is 0 Å². The molecule has 0 fully saturated rings. The number of nitrogens with one attached hydrogen (secondary N) is 3. The highest BCUT2D eigenvalue weighted by molar-refractivity contribution is 7.09. The van der Waals surface area contributed by atoms with E-state index in [2.05, 4.69) is 20.9 Å². The van der Waals surface area contributed by atoms with Crippen LogP contribution in [0.2, 0.25) is 0 Å². The first-order valence-corrected chi connectivity index (χ1v) is 18.6. The molecule has 0 aliphatic carbocycles. The highest BCUT2D eigenvalue weighted by Crippen LogP contribution is 2.23. The Labute approximate surface area is 302 Å². The number of methoxy groups -OCH3 is 1. The molecule has 3 rings (SSSR count). The van der Waals surface area contributed by atoms with Crippen LogP contribution in [-0.2, 0) is 38.8 Å². The molecule has 0 aliphatic rings. The Kier molecular flexibility index (Phi) is 17.9. The van der Waals surface area contributed by atoms with E-state index >= 15 is 0 Å². The summed E-state index contributed by atoms with van der Waals surface area (Å²) >= 11 is 1.53. The molecule has 11 heteroatoms. The number of nitrogens with zero attached hydrogens (tertiary/aromatic N) is 1. The Morgan fingerprint density at radius 1 is 0.980 bits per heavy atom. The predicted molar refractivity (Wildman–Crippen MR) is 199 cm³/mol. The van der Waals surface area contributed by atoms with Gasteiger partial charge in [-0.05, 0) is 54.9 Å². The van der Waals surface area contributed by atoms with Gasteiger partial charge in [-0.1, -0.05) is 76.1 Å². The van der Waals surface area contributed by atoms with Gasteiger partial charge in [-0.25, -0.2) is 0 Å². The number of amides is 2. The van der Waals surface area contributed by atoms with Crippen LogP contribution in [0.25, 0.3) is 0 Å². The molecule has 1 aromatic heterocycles. The van der Waals surface area contributed by atoms with Crippen molar-refractivity contribution >= 4 is 23.2 Å². The minimum atomic E-state index is -0.892. The molecular weight excluding hydrogens is 653 g/mol. The molecule has 1 heterocycles. The minimum absolute atomic E-state index is 0.0733. The Bertz CT molecular complexity index is 1420. The summed E-state index contributed by atoms with van der Waals surface area (Å²) in [6, 6.07) is 12.9. The van der Waals surface area contributed by atoms with Gasteiger partial charge in [0.1, 0.15) is 11.8 Å². The first kappa shape index (κ1) is 41.1. The van der Waals surface area contributed by atoms with E-state index in [0.29, 0.717) is 32.9 Å². The standard InChI is InChI=1S/C39H58N4O6S/c1-8-28(5)37(39(46)42-20-30-13-10-27(4)11-14-30)43-38(45)33(26(2)3)19-35(44)34(41-22-32-21-40-25-50-32)24-48-23-31-15-12-29(6)36(18-31)49-17-9-16-47-7/h10-15,18,21,25-26,28,33-35,37,41,44H,8-9,16-17,19-20,22-24H2,1-7H3,(H,42,46)(H,43,45). The highest BCUT2D eigenvalue weighted by Gasteiger charge is 2.33. The van der Waals surface area contributed by atoms with Crippen LogP contribution in [0, 0.1) is 31.6 Å². The lowest BCUT2D eigenvalue weighted by Gasteiger charge is -2.31. The fourth-order valence-corrected chi connectivity index (χ4v) is 6.07. The molecule has 0 saturated carbocycles. The highest BCUT2D eigenvalue weighted by atomic mass is 32.1. The number of benzene rings is 2. The van der Waals surface area contributed by atoms with Crippen molar-refractivity contribution in [3.05, 3.63) is 81.3 Å². The summed E-state index contributed by atoms with van der Waals surface area (Å²) in [5.74, 6) is -0.314. The van der Waals surface area contributed by atoms with Crippen LogP contribution >= 0.6 is 11.3 Å². The molecule has 0 saturated heterocycles. The monoisotopic (exact) mass is 710 g/mol. The van der Waals surface area contributed by atoms with Gasteiger partial charge in [0.15, 0.2) is 0 Å². The van der Waals surface area contributed by atoms with Gasteiger partial charge in [0, 0.05) is 50.2 Å². The summed E-state index contributed by atoms with van der Waals surface area (Å²) in [5, 5.41) is 21.1. The maximum Gasteiger partial charge on any atom is 0.243 e. The lowest BCUT2D eigenvalue weighted by Crippen LogP contribution is -2.53. The Hall–Kier alpha value is -3.35. The number of rotatable bonds is 23. The quantitative estimate of drug-likeness (QED) is 0.0920. The fraction of sp³-hybridized carbons (Fsp3) is 0.564. The molecule has 2 amide bonds. The molecule has 10 nitrogen and oxygen atoms in total. The van der Waals surface area contributed by atoms with E-state index in [9.17, 15) is 14.7 Å². The van der Waals surface area contributed by atoms with Crippen LogP contribution in [0.5, 0.6) is 5.75 Å². The zero-order valence-electron chi connectivity index (χ0n) is 30.9. The molecular formula is C39H58N4O6S. The maximum absolute atomic E-state index is 13.8. The lowest BCUT2D eigenvalue weighted by molar-refractivity contribution is -0.134.